The molecule has 0 aliphatic heterocycles. The molecule has 0 aromatic heterocycles. The van der Waals surface area contributed by atoms with E-state index in [9.17, 15) is 4.39 Å². The van der Waals surface area contributed by atoms with Crippen LogP contribution in [-0.4, -0.2) is 18.8 Å². The van der Waals surface area contributed by atoms with Gasteiger partial charge in [-0.05, 0) is 25.8 Å². The standard InChI is InChI=1S/C17H25FO2/c1-17(19-2)12-8-4-3-5-11-16(17)20-13-14-9-6-7-10-15(14)18/h6-7,9-10,16H,3-5,8,11-13H2,1-2H3. The van der Waals surface area contributed by atoms with Crippen molar-refractivity contribution in [2.45, 2.75) is 63.8 Å². The molecule has 1 aromatic rings. The van der Waals surface area contributed by atoms with Crippen molar-refractivity contribution in [1.29, 1.82) is 0 Å². The highest BCUT2D eigenvalue weighted by atomic mass is 19.1. The van der Waals surface area contributed by atoms with Crippen molar-refractivity contribution in [2.24, 2.45) is 0 Å². The van der Waals surface area contributed by atoms with Crippen molar-refractivity contribution in [3.63, 3.8) is 0 Å². The Morgan fingerprint density at radius 1 is 1.20 bits per heavy atom. The van der Waals surface area contributed by atoms with E-state index < -0.39 is 0 Å². The van der Waals surface area contributed by atoms with Crippen LogP contribution in [0.15, 0.2) is 24.3 Å². The van der Waals surface area contributed by atoms with Gasteiger partial charge >= 0.3 is 0 Å². The third-order valence-electron chi connectivity index (χ3n) is 4.43. The van der Waals surface area contributed by atoms with Gasteiger partial charge in [0.05, 0.1) is 18.3 Å². The van der Waals surface area contributed by atoms with Crippen LogP contribution in [0.5, 0.6) is 0 Å². The summed E-state index contributed by atoms with van der Waals surface area (Å²) < 4.78 is 25.4. The Labute approximate surface area is 121 Å². The van der Waals surface area contributed by atoms with E-state index in [2.05, 4.69) is 6.92 Å². The molecule has 0 radical (unpaired) electrons. The number of ether oxygens (including phenoxy) is 2. The molecule has 2 nitrogen and oxygen atoms in total. The van der Waals surface area contributed by atoms with E-state index in [0.29, 0.717) is 12.2 Å². The van der Waals surface area contributed by atoms with Gasteiger partial charge in [-0.25, -0.2) is 4.39 Å². The van der Waals surface area contributed by atoms with Crippen LogP contribution in [0.4, 0.5) is 4.39 Å². The van der Waals surface area contributed by atoms with Gasteiger partial charge in [-0.3, -0.25) is 0 Å². The molecule has 0 saturated heterocycles. The average molecular weight is 280 g/mol. The van der Waals surface area contributed by atoms with Gasteiger partial charge in [0, 0.05) is 12.7 Å². The number of benzene rings is 1. The first-order chi connectivity index (χ1) is 9.65. The molecule has 0 spiro atoms. The Bertz CT molecular complexity index is 421. The Kier molecular flexibility index (Phi) is 5.55. The van der Waals surface area contributed by atoms with E-state index in [-0.39, 0.29) is 17.5 Å². The van der Waals surface area contributed by atoms with Crippen molar-refractivity contribution < 1.29 is 13.9 Å². The van der Waals surface area contributed by atoms with Crippen molar-refractivity contribution >= 4 is 0 Å². The minimum Gasteiger partial charge on any atom is -0.376 e. The Morgan fingerprint density at radius 3 is 2.70 bits per heavy atom. The molecule has 1 aromatic carbocycles. The largest absolute Gasteiger partial charge is 0.376 e. The highest BCUT2D eigenvalue weighted by Crippen LogP contribution is 2.32. The first-order valence-electron chi connectivity index (χ1n) is 7.56. The molecule has 2 unspecified atom stereocenters. The lowest BCUT2D eigenvalue weighted by molar-refractivity contribution is -0.136. The summed E-state index contributed by atoms with van der Waals surface area (Å²) in [5, 5.41) is 0. The van der Waals surface area contributed by atoms with Crippen LogP contribution in [0.25, 0.3) is 0 Å². The molecule has 1 saturated carbocycles. The van der Waals surface area contributed by atoms with Crippen LogP contribution in [0.1, 0.15) is 51.0 Å². The first kappa shape index (κ1) is 15.5. The minimum atomic E-state index is -0.258. The van der Waals surface area contributed by atoms with E-state index in [4.69, 9.17) is 9.47 Å². The van der Waals surface area contributed by atoms with E-state index in [1.807, 2.05) is 6.07 Å². The van der Waals surface area contributed by atoms with Crippen molar-refractivity contribution in [3.8, 4) is 0 Å². The summed E-state index contributed by atoms with van der Waals surface area (Å²) in [5.74, 6) is -0.197. The molecule has 1 fully saturated rings. The maximum atomic E-state index is 13.7. The Balaban J connectivity index is 2.02. The van der Waals surface area contributed by atoms with E-state index in [1.165, 1.54) is 25.3 Å². The number of hydrogen-bond donors (Lipinski definition) is 0. The van der Waals surface area contributed by atoms with Crippen LogP contribution >= 0.6 is 0 Å². The van der Waals surface area contributed by atoms with Crippen LogP contribution in [-0.2, 0) is 16.1 Å². The third kappa shape index (κ3) is 3.80. The zero-order valence-electron chi connectivity index (χ0n) is 12.5. The predicted molar refractivity (Wildman–Crippen MR) is 78.1 cm³/mol. The molecule has 0 bridgehead atoms. The number of rotatable bonds is 4. The molecule has 20 heavy (non-hydrogen) atoms. The van der Waals surface area contributed by atoms with Gasteiger partial charge in [0.2, 0.25) is 0 Å². The summed E-state index contributed by atoms with van der Waals surface area (Å²) in [6.45, 7) is 2.43. The minimum absolute atomic E-state index is 0.0346. The van der Waals surface area contributed by atoms with Crippen molar-refractivity contribution in [2.75, 3.05) is 7.11 Å². The Morgan fingerprint density at radius 2 is 1.95 bits per heavy atom. The fourth-order valence-corrected chi connectivity index (χ4v) is 2.92. The van der Waals surface area contributed by atoms with E-state index >= 15 is 0 Å². The summed E-state index contributed by atoms with van der Waals surface area (Å²) >= 11 is 0. The molecule has 2 atom stereocenters. The lowest BCUT2D eigenvalue weighted by Gasteiger charge is -2.38. The molecule has 2 rings (SSSR count). The molecular weight excluding hydrogens is 255 g/mol. The average Bonchev–Trinajstić information content (AvgIpc) is 2.44. The molecule has 1 aliphatic rings. The zero-order chi connectivity index (χ0) is 14.4. The molecular formula is C17H25FO2. The van der Waals surface area contributed by atoms with Crippen LogP contribution in [0, 0.1) is 5.82 Å². The van der Waals surface area contributed by atoms with Crippen LogP contribution < -0.4 is 0 Å². The fraction of sp³-hybridized carbons (Fsp3) is 0.647. The van der Waals surface area contributed by atoms with Gasteiger partial charge in [-0.15, -0.1) is 0 Å². The Hall–Kier alpha value is -0.930. The van der Waals surface area contributed by atoms with Gasteiger partial charge in [0.15, 0.2) is 0 Å². The summed E-state index contributed by atoms with van der Waals surface area (Å²) in [7, 11) is 1.75. The van der Waals surface area contributed by atoms with Gasteiger partial charge < -0.3 is 9.47 Å². The van der Waals surface area contributed by atoms with Crippen LogP contribution in [0.2, 0.25) is 0 Å². The molecule has 3 heteroatoms. The second-order valence-corrected chi connectivity index (χ2v) is 5.86. The van der Waals surface area contributed by atoms with Gasteiger partial charge in [0.25, 0.3) is 0 Å². The van der Waals surface area contributed by atoms with E-state index in [0.717, 1.165) is 19.3 Å². The smallest absolute Gasteiger partial charge is 0.128 e. The first-order valence-corrected chi connectivity index (χ1v) is 7.56. The summed E-state index contributed by atoms with van der Waals surface area (Å²) in [6, 6.07) is 6.80. The van der Waals surface area contributed by atoms with Crippen LogP contribution in [0.3, 0.4) is 0 Å². The fourth-order valence-electron chi connectivity index (χ4n) is 2.92. The molecule has 1 aliphatic carbocycles. The van der Waals surface area contributed by atoms with Crippen molar-refractivity contribution in [1.82, 2.24) is 0 Å². The second kappa shape index (κ2) is 7.19. The van der Waals surface area contributed by atoms with E-state index in [1.54, 1.807) is 19.2 Å². The molecule has 0 N–H and O–H groups in total. The number of halogens is 1. The number of hydrogen-bond acceptors (Lipinski definition) is 2. The SMILES string of the molecule is COC1(C)CCCCCCC1OCc1ccccc1F. The van der Waals surface area contributed by atoms with Crippen molar-refractivity contribution in [3.05, 3.63) is 35.6 Å². The summed E-state index contributed by atoms with van der Waals surface area (Å²) in [5.41, 5.74) is 0.360. The molecule has 0 heterocycles. The predicted octanol–water partition coefficient (Wildman–Crippen LogP) is 4.47. The normalized spacial score (nSPS) is 27.9. The topological polar surface area (TPSA) is 18.5 Å². The maximum absolute atomic E-state index is 13.7. The third-order valence-corrected chi connectivity index (χ3v) is 4.43. The molecule has 112 valence electrons. The monoisotopic (exact) mass is 280 g/mol. The summed E-state index contributed by atoms with van der Waals surface area (Å²) in [6.07, 6.45) is 6.86. The number of methoxy groups -OCH3 is 1. The molecule has 0 amide bonds. The van der Waals surface area contributed by atoms with Gasteiger partial charge in [0.1, 0.15) is 5.82 Å². The summed E-state index contributed by atoms with van der Waals surface area (Å²) in [4.78, 5) is 0. The van der Waals surface area contributed by atoms with Gasteiger partial charge in [-0.2, -0.15) is 0 Å². The highest BCUT2D eigenvalue weighted by molar-refractivity contribution is 5.16. The quantitative estimate of drug-likeness (QED) is 0.810. The second-order valence-electron chi connectivity index (χ2n) is 5.86. The zero-order valence-corrected chi connectivity index (χ0v) is 12.5. The lowest BCUT2D eigenvalue weighted by atomic mass is 9.85. The maximum Gasteiger partial charge on any atom is 0.128 e. The highest BCUT2D eigenvalue weighted by Gasteiger charge is 2.35. The van der Waals surface area contributed by atoms with Gasteiger partial charge in [-0.1, -0.05) is 43.9 Å². The lowest BCUT2D eigenvalue weighted by Crippen LogP contribution is -2.43.